The second-order valence-electron chi connectivity index (χ2n) is 4.73. The molecule has 2 rings (SSSR count). The molecule has 0 aliphatic carbocycles. The summed E-state index contributed by atoms with van der Waals surface area (Å²) in [4.78, 5) is 11.7. The van der Waals surface area contributed by atoms with Gasteiger partial charge in [0.1, 0.15) is 0 Å². The number of hydrogen-bond acceptors (Lipinski definition) is 3. The van der Waals surface area contributed by atoms with E-state index in [0.29, 0.717) is 12.6 Å². The zero-order valence-electron chi connectivity index (χ0n) is 10.4. The van der Waals surface area contributed by atoms with Gasteiger partial charge in [-0.1, -0.05) is 30.3 Å². The minimum Gasteiger partial charge on any atom is -0.388 e. The summed E-state index contributed by atoms with van der Waals surface area (Å²) in [6, 6.07) is 9.66. The zero-order valence-corrected chi connectivity index (χ0v) is 10.4. The Morgan fingerprint density at radius 1 is 1.44 bits per heavy atom. The summed E-state index contributed by atoms with van der Waals surface area (Å²) in [5.41, 5.74) is 0.784. The molecule has 4 nitrogen and oxygen atoms in total. The molecule has 98 valence electrons. The highest BCUT2D eigenvalue weighted by Crippen LogP contribution is 2.15. The summed E-state index contributed by atoms with van der Waals surface area (Å²) in [6.07, 6.45) is 1.69. The molecule has 3 N–H and O–H groups in total. The van der Waals surface area contributed by atoms with Gasteiger partial charge in [-0.05, 0) is 24.9 Å². The van der Waals surface area contributed by atoms with E-state index in [-0.39, 0.29) is 12.3 Å². The van der Waals surface area contributed by atoms with Gasteiger partial charge in [0.2, 0.25) is 5.91 Å². The maximum atomic E-state index is 11.7. The largest absolute Gasteiger partial charge is 0.388 e. The summed E-state index contributed by atoms with van der Waals surface area (Å²) < 4.78 is 0. The van der Waals surface area contributed by atoms with Crippen molar-refractivity contribution < 1.29 is 9.90 Å². The van der Waals surface area contributed by atoms with Crippen molar-refractivity contribution in [1.82, 2.24) is 10.6 Å². The SMILES string of the molecule is O=C(CC(O)c1ccccc1)NCC1CCCN1. The van der Waals surface area contributed by atoms with Gasteiger partial charge in [0.15, 0.2) is 0 Å². The minimum absolute atomic E-state index is 0.0972. The van der Waals surface area contributed by atoms with Crippen LogP contribution in [0, 0.1) is 0 Å². The topological polar surface area (TPSA) is 61.4 Å². The molecule has 0 aromatic heterocycles. The number of benzene rings is 1. The van der Waals surface area contributed by atoms with E-state index < -0.39 is 6.10 Å². The summed E-state index contributed by atoms with van der Waals surface area (Å²) in [6.45, 7) is 1.69. The maximum absolute atomic E-state index is 11.7. The van der Waals surface area contributed by atoms with Crippen LogP contribution >= 0.6 is 0 Å². The van der Waals surface area contributed by atoms with Crippen molar-refractivity contribution in [3.63, 3.8) is 0 Å². The van der Waals surface area contributed by atoms with Crippen LogP contribution in [0.2, 0.25) is 0 Å². The van der Waals surface area contributed by atoms with Gasteiger partial charge in [0.05, 0.1) is 12.5 Å². The molecule has 1 heterocycles. The molecule has 0 saturated carbocycles. The Morgan fingerprint density at radius 2 is 2.22 bits per heavy atom. The molecule has 0 bridgehead atoms. The standard InChI is InChI=1S/C14H20N2O2/c17-13(11-5-2-1-3-6-11)9-14(18)16-10-12-7-4-8-15-12/h1-3,5-6,12-13,15,17H,4,7-10H2,(H,16,18). The van der Waals surface area contributed by atoms with Gasteiger partial charge in [-0.15, -0.1) is 0 Å². The molecule has 2 unspecified atom stereocenters. The van der Waals surface area contributed by atoms with Gasteiger partial charge in [0, 0.05) is 12.6 Å². The maximum Gasteiger partial charge on any atom is 0.223 e. The average Bonchev–Trinajstić information content (AvgIpc) is 2.90. The number of nitrogens with one attached hydrogen (secondary N) is 2. The van der Waals surface area contributed by atoms with Crippen LogP contribution in [0.5, 0.6) is 0 Å². The van der Waals surface area contributed by atoms with Gasteiger partial charge in [0.25, 0.3) is 0 Å². The lowest BCUT2D eigenvalue weighted by Gasteiger charge is -2.14. The van der Waals surface area contributed by atoms with Crippen LogP contribution in [-0.2, 0) is 4.79 Å². The van der Waals surface area contributed by atoms with Crippen molar-refractivity contribution in [3.05, 3.63) is 35.9 Å². The molecule has 2 atom stereocenters. The van der Waals surface area contributed by atoms with Crippen molar-refractivity contribution in [2.75, 3.05) is 13.1 Å². The van der Waals surface area contributed by atoms with Crippen LogP contribution < -0.4 is 10.6 Å². The van der Waals surface area contributed by atoms with Gasteiger partial charge in [-0.3, -0.25) is 4.79 Å². The van der Waals surface area contributed by atoms with Crippen molar-refractivity contribution in [2.24, 2.45) is 0 Å². The molecule has 1 aliphatic heterocycles. The van der Waals surface area contributed by atoms with E-state index in [0.717, 1.165) is 18.5 Å². The van der Waals surface area contributed by atoms with Crippen molar-refractivity contribution in [2.45, 2.75) is 31.4 Å². The van der Waals surface area contributed by atoms with Crippen LogP contribution in [0.15, 0.2) is 30.3 Å². The summed E-state index contributed by atoms with van der Waals surface area (Å²) in [5.74, 6) is -0.0972. The van der Waals surface area contributed by atoms with E-state index >= 15 is 0 Å². The first kappa shape index (κ1) is 13.1. The third kappa shape index (κ3) is 3.82. The molecular weight excluding hydrogens is 228 g/mol. The van der Waals surface area contributed by atoms with Crippen molar-refractivity contribution in [1.29, 1.82) is 0 Å². The van der Waals surface area contributed by atoms with E-state index in [2.05, 4.69) is 10.6 Å². The quantitative estimate of drug-likeness (QED) is 0.728. The van der Waals surface area contributed by atoms with Crippen molar-refractivity contribution in [3.8, 4) is 0 Å². The van der Waals surface area contributed by atoms with Gasteiger partial charge in [-0.2, -0.15) is 0 Å². The predicted molar refractivity (Wildman–Crippen MR) is 70.1 cm³/mol. The highest BCUT2D eigenvalue weighted by Gasteiger charge is 2.16. The highest BCUT2D eigenvalue weighted by molar-refractivity contribution is 5.76. The van der Waals surface area contributed by atoms with Crippen LogP contribution in [0.1, 0.15) is 30.9 Å². The lowest BCUT2D eigenvalue weighted by Crippen LogP contribution is -2.37. The predicted octanol–water partition coefficient (Wildman–Crippen LogP) is 0.978. The smallest absolute Gasteiger partial charge is 0.223 e. The Hall–Kier alpha value is -1.39. The van der Waals surface area contributed by atoms with E-state index in [4.69, 9.17) is 0 Å². The third-order valence-corrected chi connectivity index (χ3v) is 3.27. The molecule has 1 saturated heterocycles. The number of amides is 1. The number of carbonyl (C=O) groups is 1. The van der Waals surface area contributed by atoms with E-state index in [9.17, 15) is 9.90 Å². The average molecular weight is 248 g/mol. The van der Waals surface area contributed by atoms with Crippen molar-refractivity contribution >= 4 is 5.91 Å². The highest BCUT2D eigenvalue weighted by atomic mass is 16.3. The summed E-state index contributed by atoms with van der Waals surface area (Å²) >= 11 is 0. The number of rotatable bonds is 5. The number of aliphatic hydroxyl groups excluding tert-OH is 1. The molecule has 1 aromatic rings. The number of carbonyl (C=O) groups excluding carboxylic acids is 1. The van der Waals surface area contributed by atoms with Crippen LogP contribution in [-0.4, -0.2) is 30.1 Å². The monoisotopic (exact) mass is 248 g/mol. The lowest BCUT2D eigenvalue weighted by atomic mass is 10.1. The van der Waals surface area contributed by atoms with Gasteiger partial charge < -0.3 is 15.7 Å². The van der Waals surface area contributed by atoms with Gasteiger partial charge in [-0.25, -0.2) is 0 Å². The fourth-order valence-electron chi connectivity index (χ4n) is 2.21. The van der Waals surface area contributed by atoms with Crippen LogP contribution in [0.3, 0.4) is 0 Å². The molecular formula is C14H20N2O2. The third-order valence-electron chi connectivity index (χ3n) is 3.27. The first-order chi connectivity index (χ1) is 8.75. The number of aliphatic hydroxyl groups is 1. The fraction of sp³-hybridized carbons (Fsp3) is 0.500. The van der Waals surface area contributed by atoms with E-state index in [1.54, 1.807) is 0 Å². The molecule has 1 aliphatic rings. The fourth-order valence-corrected chi connectivity index (χ4v) is 2.21. The summed E-state index contributed by atoms with van der Waals surface area (Å²) in [7, 11) is 0. The molecule has 0 radical (unpaired) electrons. The molecule has 4 heteroatoms. The second kappa shape index (κ2) is 6.52. The minimum atomic E-state index is -0.720. The second-order valence-corrected chi connectivity index (χ2v) is 4.73. The first-order valence-electron chi connectivity index (χ1n) is 6.49. The Morgan fingerprint density at radius 3 is 2.89 bits per heavy atom. The first-order valence-corrected chi connectivity index (χ1v) is 6.49. The normalized spacial score (nSPS) is 20.6. The van der Waals surface area contributed by atoms with Crippen LogP contribution in [0.4, 0.5) is 0 Å². The van der Waals surface area contributed by atoms with Crippen LogP contribution in [0.25, 0.3) is 0 Å². The van der Waals surface area contributed by atoms with E-state index in [1.165, 1.54) is 6.42 Å². The molecule has 1 aromatic carbocycles. The Bertz CT molecular complexity index is 375. The molecule has 1 fully saturated rings. The Labute approximate surface area is 107 Å². The molecule has 18 heavy (non-hydrogen) atoms. The van der Waals surface area contributed by atoms with E-state index in [1.807, 2.05) is 30.3 Å². The zero-order chi connectivity index (χ0) is 12.8. The molecule has 1 amide bonds. The lowest BCUT2D eigenvalue weighted by molar-refractivity contribution is -0.123. The number of hydrogen-bond donors (Lipinski definition) is 3. The Balaban J connectivity index is 1.73. The summed E-state index contributed by atoms with van der Waals surface area (Å²) in [5, 5.41) is 16.1. The van der Waals surface area contributed by atoms with Gasteiger partial charge >= 0.3 is 0 Å². The Kier molecular flexibility index (Phi) is 4.73. The molecule has 0 spiro atoms.